The highest BCUT2D eigenvalue weighted by molar-refractivity contribution is 7.14. The summed E-state index contributed by atoms with van der Waals surface area (Å²) in [6.07, 6.45) is 3.34. The first-order valence-electron chi connectivity index (χ1n) is 6.68. The number of benzene rings is 1. The molecule has 1 aromatic carbocycles. The van der Waals surface area contributed by atoms with Gasteiger partial charge in [-0.05, 0) is 49.9 Å². The molecule has 1 N–H and O–H groups in total. The van der Waals surface area contributed by atoms with E-state index in [1.807, 2.05) is 12.1 Å². The van der Waals surface area contributed by atoms with Crippen LogP contribution in [0.4, 0.5) is 5.69 Å². The number of aryl methyl sites for hydroxylation is 2. The molecule has 0 fully saturated rings. The SMILES string of the molecule is CC(=O)c1ccccc1NC(=O)c1cc2c(s1)CCC2. The first-order valence-corrected chi connectivity index (χ1v) is 7.49. The molecule has 0 atom stereocenters. The second kappa shape index (κ2) is 5.21. The Hall–Kier alpha value is -1.94. The molecule has 0 unspecified atom stereocenters. The van der Waals surface area contributed by atoms with Crippen molar-refractivity contribution in [1.82, 2.24) is 0 Å². The Morgan fingerprint density at radius 1 is 1.20 bits per heavy atom. The number of para-hydroxylation sites is 1. The molecule has 1 aliphatic rings. The fourth-order valence-electron chi connectivity index (χ4n) is 2.52. The van der Waals surface area contributed by atoms with Crippen LogP contribution in [-0.4, -0.2) is 11.7 Å². The lowest BCUT2D eigenvalue weighted by Gasteiger charge is -2.07. The van der Waals surface area contributed by atoms with E-state index in [2.05, 4.69) is 5.32 Å². The van der Waals surface area contributed by atoms with Gasteiger partial charge in [0.05, 0.1) is 10.6 Å². The molecule has 2 aromatic rings. The topological polar surface area (TPSA) is 46.2 Å². The third-order valence-corrected chi connectivity index (χ3v) is 4.76. The monoisotopic (exact) mass is 285 g/mol. The van der Waals surface area contributed by atoms with E-state index in [0.717, 1.165) is 17.7 Å². The third kappa shape index (κ3) is 2.39. The van der Waals surface area contributed by atoms with Crippen LogP contribution in [0.2, 0.25) is 0 Å². The van der Waals surface area contributed by atoms with Crippen LogP contribution in [0, 0.1) is 0 Å². The first-order chi connectivity index (χ1) is 9.65. The molecule has 0 radical (unpaired) electrons. The number of fused-ring (bicyclic) bond motifs is 1. The number of carbonyl (C=O) groups is 2. The van der Waals surface area contributed by atoms with Crippen molar-refractivity contribution < 1.29 is 9.59 Å². The summed E-state index contributed by atoms with van der Waals surface area (Å²) < 4.78 is 0. The van der Waals surface area contributed by atoms with Crippen molar-refractivity contribution in [2.24, 2.45) is 0 Å². The zero-order chi connectivity index (χ0) is 14.1. The summed E-state index contributed by atoms with van der Waals surface area (Å²) in [5.74, 6) is -0.173. The van der Waals surface area contributed by atoms with Gasteiger partial charge >= 0.3 is 0 Å². The van der Waals surface area contributed by atoms with E-state index in [1.54, 1.807) is 29.5 Å². The largest absolute Gasteiger partial charge is 0.321 e. The minimum absolute atomic E-state index is 0.0467. The van der Waals surface area contributed by atoms with Crippen LogP contribution >= 0.6 is 11.3 Å². The number of amides is 1. The van der Waals surface area contributed by atoms with E-state index in [1.165, 1.54) is 23.8 Å². The van der Waals surface area contributed by atoms with E-state index in [4.69, 9.17) is 0 Å². The van der Waals surface area contributed by atoms with Gasteiger partial charge in [0, 0.05) is 10.4 Å². The number of hydrogen-bond donors (Lipinski definition) is 1. The molecule has 0 saturated carbocycles. The van der Waals surface area contributed by atoms with Gasteiger partial charge in [0.2, 0.25) is 0 Å². The van der Waals surface area contributed by atoms with Gasteiger partial charge in [0.25, 0.3) is 5.91 Å². The summed E-state index contributed by atoms with van der Waals surface area (Å²) in [5.41, 5.74) is 2.43. The molecule has 0 aliphatic heterocycles. The number of carbonyl (C=O) groups excluding carboxylic acids is 2. The van der Waals surface area contributed by atoms with Crippen molar-refractivity contribution in [3.63, 3.8) is 0 Å². The Bertz CT molecular complexity index is 666. The summed E-state index contributed by atoms with van der Waals surface area (Å²) in [7, 11) is 0. The molecule has 4 heteroatoms. The molecule has 1 amide bonds. The first kappa shape index (κ1) is 13.1. The fraction of sp³-hybridized carbons (Fsp3) is 0.250. The molecule has 3 nitrogen and oxygen atoms in total. The lowest BCUT2D eigenvalue weighted by Crippen LogP contribution is -2.13. The van der Waals surface area contributed by atoms with Gasteiger partial charge in [-0.15, -0.1) is 11.3 Å². The number of thiophene rings is 1. The highest BCUT2D eigenvalue weighted by Gasteiger charge is 2.19. The maximum Gasteiger partial charge on any atom is 0.265 e. The molecule has 3 rings (SSSR count). The van der Waals surface area contributed by atoms with Gasteiger partial charge in [-0.1, -0.05) is 12.1 Å². The Morgan fingerprint density at radius 2 is 2.00 bits per heavy atom. The van der Waals surface area contributed by atoms with E-state index in [9.17, 15) is 9.59 Å². The van der Waals surface area contributed by atoms with Crippen LogP contribution in [-0.2, 0) is 12.8 Å². The van der Waals surface area contributed by atoms with Gasteiger partial charge in [-0.25, -0.2) is 0 Å². The average Bonchev–Trinajstić information content (AvgIpc) is 2.99. The van der Waals surface area contributed by atoms with Gasteiger partial charge < -0.3 is 5.32 Å². The number of Topliss-reactive ketones (excluding diaryl/α,β-unsaturated/α-hetero) is 1. The second-order valence-electron chi connectivity index (χ2n) is 4.97. The molecule has 102 valence electrons. The van der Waals surface area contributed by atoms with Crippen molar-refractivity contribution in [3.8, 4) is 0 Å². The number of ketones is 1. The molecule has 20 heavy (non-hydrogen) atoms. The lowest BCUT2D eigenvalue weighted by molar-refractivity contribution is 0.101. The molecule has 0 spiro atoms. The van der Waals surface area contributed by atoms with Crippen LogP contribution in [0.1, 0.15) is 43.8 Å². The predicted octanol–water partition coefficient (Wildman–Crippen LogP) is 3.69. The quantitative estimate of drug-likeness (QED) is 0.874. The minimum Gasteiger partial charge on any atom is -0.321 e. The van der Waals surface area contributed by atoms with Crippen LogP contribution in [0.25, 0.3) is 0 Å². The Labute approximate surface area is 121 Å². The maximum absolute atomic E-state index is 12.3. The lowest BCUT2D eigenvalue weighted by atomic mass is 10.1. The van der Waals surface area contributed by atoms with Crippen LogP contribution in [0.5, 0.6) is 0 Å². The molecular weight excluding hydrogens is 270 g/mol. The number of anilines is 1. The van der Waals surface area contributed by atoms with Crippen molar-refractivity contribution in [1.29, 1.82) is 0 Å². The van der Waals surface area contributed by atoms with E-state index >= 15 is 0 Å². The van der Waals surface area contributed by atoms with Crippen molar-refractivity contribution in [2.45, 2.75) is 26.2 Å². The fourth-order valence-corrected chi connectivity index (χ4v) is 3.67. The van der Waals surface area contributed by atoms with Crippen LogP contribution < -0.4 is 5.32 Å². The Morgan fingerprint density at radius 3 is 2.75 bits per heavy atom. The normalized spacial score (nSPS) is 13.1. The summed E-state index contributed by atoms with van der Waals surface area (Å²) in [4.78, 5) is 25.9. The van der Waals surface area contributed by atoms with Gasteiger partial charge in [0.1, 0.15) is 0 Å². The summed E-state index contributed by atoms with van der Waals surface area (Å²) in [5, 5.41) is 2.85. The van der Waals surface area contributed by atoms with Crippen LogP contribution in [0.15, 0.2) is 30.3 Å². The standard InChI is InChI=1S/C16H15NO2S/c1-10(18)12-6-2-3-7-13(12)17-16(19)15-9-11-5-4-8-14(11)20-15/h2-3,6-7,9H,4-5,8H2,1H3,(H,17,19). The second-order valence-corrected chi connectivity index (χ2v) is 6.11. The van der Waals surface area contributed by atoms with Crippen molar-refractivity contribution in [3.05, 3.63) is 51.2 Å². The summed E-state index contributed by atoms with van der Waals surface area (Å²) >= 11 is 1.57. The van der Waals surface area contributed by atoms with Crippen molar-refractivity contribution in [2.75, 3.05) is 5.32 Å². The zero-order valence-electron chi connectivity index (χ0n) is 11.2. The zero-order valence-corrected chi connectivity index (χ0v) is 12.0. The minimum atomic E-state index is -0.127. The maximum atomic E-state index is 12.3. The molecule has 1 aliphatic carbocycles. The number of rotatable bonds is 3. The third-order valence-electron chi connectivity index (χ3n) is 3.52. The highest BCUT2D eigenvalue weighted by atomic mass is 32.1. The van der Waals surface area contributed by atoms with E-state index < -0.39 is 0 Å². The Balaban J connectivity index is 1.84. The highest BCUT2D eigenvalue weighted by Crippen LogP contribution is 2.31. The van der Waals surface area contributed by atoms with E-state index in [0.29, 0.717) is 11.3 Å². The average molecular weight is 285 g/mol. The van der Waals surface area contributed by atoms with Crippen LogP contribution in [0.3, 0.4) is 0 Å². The molecular formula is C16H15NO2S. The Kier molecular flexibility index (Phi) is 3.40. The molecule has 0 saturated heterocycles. The van der Waals surface area contributed by atoms with Gasteiger partial charge in [-0.3, -0.25) is 9.59 Å². The summed E-state index contributed by atoms with van der Waals surface area (Å²) in [6, 6.07) is 9.09. The van der Waals surface area contributed by atoms with Crippen molar-refractivity contribution >= 4 is 28.7 Å². The molecule has 1 aromatic heterocycles. The van der Waals surface area contributed by atoms with Gasteiger partial charge in [-0.2, -0.15) is 0 Å². The predicted molar refractivity (Wildman–Crippen MR) is 80.7 cm³/mol. The number of hydrogen-bond acceptors (Lipinski definition) is 3. The molecule has 0 bridgehead atoms. The van der Waals surface area contributed by atoms with E-state index in [-0.39, 0.29) is 11.7 Å². The van der Waals surface area contributed by atoms with Gasteiger partial charge in [0.15, 0.2) is 5.78 Å². The smallest absolute Gasteiger partial charge is 0.265 e. The molecule has 1 heterocycles. The summed E-state index contributed by atoms with van der Waals surface area (Å²) in [6.45, 7) is 1.50. The number of nitrogens with one attached hydrogen (secondary N) is 1.